The fourth-order valence-electron chi connectivity index (χ4n) is 1.83. The number of anilines is 1. The zero-order chi connectivity index (χ0) is 11.4. The molecule has 1 heterocycles. The molecular weight excluding hydrogens is 202 g/mol. The molecule has 2 rings (SSSR count). The molecule has 16 heavy (non-hydrogen) atoms. The Morgan fingerprint density at radius 1 is 1.12 bits per heavy atom. The largest absolute Gasteiger partial charge is 0.368 e. The Balaban J connectivity index is 2.03. The Morgan fingerprint density at radius 3 is 2.25 bits per heavy atom. The van der Waals surface area contributed by atoms with Crippen molar-refractivity contribution in [2.24, 2.45) is 0 Å². The molecule has 1 aliphatic heterocycles. The Labute approximate surface area is 94.7 Å². The van der Waals surface area contributed by atoms with Gasteiger partial charge in [0.15, 0.2) is 0 Å². The summed E-state index contributed by atoms with van der Waals surface area (Å²) in [5.74, 6) is 0. The number of benzene rings is 1. The van der Waals surface area contributed by atoms with Crippen LogP contribution in [-0.4, -0.2) is 37.5 Å². The van der Waals surface area contributed by atoms with Crippen molar-refractivity contribution in [1.29, 1.82) is 5.26 Å². The molecule has 4 nitrogen and oxygen atoms in total. The molecule has 0 aliphatic carbocycles. The highest BCUT2D eigenvalue weighted by atomic mass is 16.1. The van der Waals surface area contributed by atoms with Crippen LogP contribution in [0.15, 0.2) is 24.3 Å². The van der Waals surface area contributed by atoms with E-state index in [9.17, 15) is 4.79 Å². The van der Waals surface area contributed by atoms with E-state index in [-0.39, 0.29) is 0 Å². The van der Waals surface area contributed by atoms with Gasteiger partial charge in [-0.15, -0.1) is 0 Å². The van der Waals surface area contributed by atoms with E-state index in [0.29, 0.717) is 5.56 Å². The van der Waals surface area contributed by atoms with Crippen molar-refractivity contribution in [2.45, 2.75) is 0 Å². The minimum Gasteiger partial charge on any atom is -0.368 e. The van der Waals surface area contributed by atoms with Crippen LogP contribution >= 0.6 is 0 Å². The maximum Gasteiger partial charge on any atom is 0.209 e. The molecule has 1 amide bonds. The van der Waals surface area contributed by atoms with Gasteiger partial charge in [-0.3, -0.25) is 4.79 Å². The number of piperazine rings is 1. The maximum atomic E-state index is 10.6. The van der Waals surface area contributed by atoms with Gasteiger partial charge >= 0.3 is 0 Å². The molecule has 0 atom stereocenters. The van der Waals surface area contributed by atoms with Crippen molar-refractivity contribution in [2.75, 3.05) is 31.1 Å². The molecule has 1 aromatic rings. The van der Waals surface area contributed by atoms with Crippen molar-refractivity contribution in [3.8, 4) is 6.07 Å². The second-order valence-electron chi connectivity index (χ2n) is 3.79. The Kier molecular flexibility index (Phi) is 3.06. The highest BCUT2D eigenvalue weighted by molar-refractivity contribution is 5.52. The van der Waals surface area contributed by atoms with Crippen LogP contribution < -0.4 is 4.90 Å². The number of rotatable bonds is 2. The summed E-state index contributed by atoms with van der Waals surface area (Å²) in [6.07, 6.45) is 0.899. The van der Waals surface area contributed by atoms with Gasteiger partial charge in [0.05, 0.1) is 11.6 Å². The lowest BCUT2D eigenvalue weighted by Gasteiger charge is -2.34. The van der Waals surface area contributed by atoms with Crippen LogP contribution in [0.25, 0.3) is 0 Å². The molecule has 0 saturated carbocycles. The minimum atomic E-state index is 0.676. The number of nitriles is 1. The van der Waals surface area contributed by atoms with E-state index in [2.05, 4.69) is 11.0 Å². The predicted molar refractivity (Wildman–Crippen MR) is 61.0 cm³/mol. The summed E-state index contributed by atoms with van der Waals surface area (Å²) in [6.45, 7) is 3.24. The summed E-state index contributed by atoms with van der Waals surface area (Å²) in [4.78, 5) is 14.6. The summed E-state index contributed by atoms with van der Waals surface area (Å²) in [6, 6.07) is 9.65. The molecule has 0 radical (unpaired) electrons. The summed E-state index contributed by atoms with van der Waals surface area (Å²) < 4.78 is 0. The quantitative estimate of drug-likeness (QED) is 0.687. The molecule has 0 spiro atoms. The maximum absolute atomic E-state index is 10.6. The van der Waals surface area contributed by atoms with Crippen LogP contribution in [0, 0.1) is 11.3 Å². The summed E-state index contributed by atoms with van der Waals surface area (Å²) in [5.41, 5.74) is 1.79. The second kappa shape index (κ2) is 4.67. The standard InChI is InChI=1S/C12H13N3O/c13-9-11-1-3-12(4-2-11)15-7-5-14(10-16)6-8-15/h1-4,10H,5-8H2. The van der Waals surface area contributed by atoms with E-state index < -0.39 is 0 Å². The summed E-state index contributed by atoms with van der Waals surface area (Å²) in [5, 5.41) is 8.70. The first-order valence-corrected chi connectivity index (χ1v) is 5.28. The van der Waals surface area contributed by atoms with E-state index in [4.69, 9.17) is 5.26 Å². The Hall–Kier alpha value is -2.02. The van der Waals surface area contributed by atoms with Gasteiger partial charge in [0, 0.05) is 31.9 Å². The Morgan fingerprint density at radius 2 is 1.75 bits per heavy atom. The molecule has 1 aromatic carbocycles. The molecule has 1 saturated heterocycles. The van der Waals surface area contributed by atoms with Gasteiger partial charge in [0.1, 0.15) is 0 Å². The van der Waals surface area contributed by atoms with Crippen molar-refractivity contribution in [1.82, 2.24) is 4.90 Å². The number of hydrogen-bond donors (Lipinski definition) is 0. The lowest BCUT2D eigenvalue weighted by molar-refractivity contribution is -0.118. The normalized spacial score (nSPS) is 15.7. The monoisotopic (exact) mass is 215 g/mol. The van der Waals surface area contributed by atoms with Crippen LogP contribution in [0.3, 0.4) is 0 Å². The van der Waals surface area contributed by atoms with Gasteiger partial charge in [0.25, 0.3) is 0 Å². The predicted octanol–water partition coefficient (Wildman–Crippen LogP) is 0.837. The van der Waals surface area contributed by atoms with E-state index in [1.54, 1.807) is 4.90 Å². The molecule has 4 heteroatoms. The third kappa shape index (κ3) is 2.14. The average Bonchev–Trinajstić information content (AvgIpc) is 2.39. The molecule has 1 aliphatic rings. The highest BCUT2D eigenvalue weighted by Crippen LogP contribution is 2.16. The van der Waals surface area contributed by atoms with Crippen molar-refractivity contribution in [3.05, 3.63) is 29.8 Å². The first-order valence-electron chi connectivity index (χ1n) is 5.28. The lowest BCUT2D eigenvalue weighted by atomic mass is 10.2. The van der Waals surface area contributed by atoms with E-state index in [1.165, 1.54) is 0 Å². The van der Waals surface area contributed by atoms with Crippen LogP contribution in [0.1, 0.15) is 5.56 Å². The third-order valence-corrected chi connectivity index (χ3v) is 2.82. The van der Waals surface area contributed by atoms with Crippen LogP contribution in [0.4, 0.5) is 5.69 Å². The van der Waals surface area contributed by atoms with E-state index >= 15 is 0 Å². The van der Waals surface area contributed by atoms with Crippen molar-refractivity contribution < 1.29 is 4.79 Å². The number of hydrogen-bond acceptors (Lipinski definition) is 3. The highest BCUT2D eigenvalue weighted by Gasteiger charge is 2.15. The van der Waals surface area contributed by atoms with Gasteiger partial charge in [-0.05, 0) is 24.3 Å². The molecule has 0 aromatic heterocycles. The van der Waals surface area contributed by atoms with Crippen molar-refractivity contribution >= 4 is 12.1 Å². The van der Waals surface area contributed by atoms with E-state index in [1.807, 2.05) is 24.3 Å². The van der Waals surface area contributed by atoms with Crippen molar-refractivity contribution in [3.63, 3.8) is 0 Å². The van der Waals surface area contributed by atoms with Gasteiger partial charge in [-0.2, -0.15) is 5.26 Å². The minimum absolute atomic E-state index is 0.676. The third-order valence-electron chi connectivity index (χ3n) is 2.82. The smallest absolute Gasteiger partial charge is 0.209 e. The van der Waals surface area contributed by atoms with Gasteiger partial charge in [0.2, 0.25) is 6.41 Å². The number of carbonyl (C=O) groups is 1. The zero-order valence-electron chi connectivity index (χ0n) is 8.97. The topological polar surface area (TPSA) is 47.3 Å². The fourth-order valence-corrected chi connectivity index (χ4v) is 1.83. The zero-order valence-corrected chi connectivity index (χ0v) is 8.97. The molecule has 82 valence electrons. The number of carbonyl (C=O) groups excluding carboxylic acids is 1. The van der Waals surface area contributed by atoms with Gasteiger partial charge in [-0.25, -0.2) is 0 Å². The first-order chi connectivity index (χ1) is 7.83. The number of nitrogens with zero attached hydrogens (tertiary/aromatic N) is 3. The lowest BCUT2D eigenvalue weighted by Crippen LogP contribution is -2.45. The van der Waals surface area contributed by atoms with Gasteiger partial charge in [-0.1, -0.05) is 0 Å². The molecule has 1 fully saturated rings. The first kappa shape index (κ1) is 10.5. The SMILES string of the molecule is N#Cc1ccc(N2CCN(C=O)CC2)cc1. The summed E-state index contributed by atoms with van der Waals surface area (Å²) in [7, 11) is 0. The van der Waals surface area contributed by atoms with E-state index in [0.717, 1.165) is 38.3 Å². The fraction of sp³-hybridized carbons (Fsp3) is 0.333. The van der Waals surface area contributed by atoms with Crippen LogP contribution in [-0.2, 0) is 4.79 Å². The average molecular weight is 215 g/mol. The van der Waals surface area contributed by atoms with Crippen LogP contribution in [0.5, 0.6) is 0 Å². The molecule has 0 N–H and O–H groups in total. The molecule has 0 unspecified atom stereocenters. The van der Waals surface area contributed by atoms with Gasteiger partial charge < -0.3 is 9.80 Å². The molecule has 0 bridgehead atoms. The summed E-state index contributed by atoms with van der Waals surface area (Å²) >= 11 is 0. The van der Waals surface area contributed by atoms with Crippen LogP contribution in [0.2, 0.25) is 0 Å². The second-order valence-corrected chi connectivity index (χ2v) is 3.79. The molecular formula is C12H13N3O. The Bertz CT molecular complexity index is 399. The number of amides is 1.